The second kappa shape index (κ2) is 2.26. The Morgan fingerprint density at radius 3 is 1.67 bits per heavy atom. The van der Waals surface area contributed by atoms with Crippen molar-refractivity contribution >= 4 is 8.69 Å². The quantitative estimate of drug-likeness (QED) is 0.381. The molecule has 0 heterocycles. The summed E-state index contributed by atoms with van der Waals surface area (Å²) in [6, 6.07) is -1.31. The van der Waals surface area contributed by atoms with Gasteiger partial charge in [-0.05, 0) is 0 Å². The molecule has 0 saturated heterocycles. The second-order valence-electron chi connectivity index (χ2n) is 1.86. The van der Waals surface area contributed by atoms with E-state index in [1.54, 1.807) is 0 Å². The first-order chi connectivity index (χ1) is 3.81. The minimum absolute atomic E-state index is 0.106. The molecule has 0 radical (unpaired) electrons. The number of rotatable bonds is 3. The second-order valence-corrected chi connectivity index (χ2v) is 4.28. The average molecular weight is 162 g/mol. The molecule has 0 aliphatic heterocycles. The Bertz CT molecular complexity index is 88.5. The molecular weight excluding hydrogens is 154 g/mol. The van der Waals surface area contributed by atoms with Crippen molar-refractivity contribution in [2.45, 2.75) is 12.5 Å². The predicted octanol–water partition coefficient (Wildman–Crippen LogP) is 1.60. The van der Waals surface area contributed by atoms with E-state index in [4.69, 9.17) is 5.73 Å². The summed E-state index contributed by atoms with van der Waals surface area (Å²) in [6.45, 7) is -0.106. The third-order valence-corrected chi connectivity index (χ3v) is 1.87. The molecule has 0 saturated carbocycles. The minimum atomic E-state index is -7.43. The van der Waals surface area contributed by atoms with Gasteiger partial charge in [0.2, 0.25) is 0 Å². The Balaban J connectivity index is 3.60. The van der Waals surface area contributed by atoms with Crippen LogP contribution in [0.5, 0.6) is 0 Å². The van der Waals surface area contributed by atoms with Crippen molar-refractivity contribution in [1.29, 1.82) is 0 Å². The van der Waals surface area contributed by atoms with Crippen LogP contribution in [0.25, 0.3) is 0 Å². The molecule has 0 aromatic rings. The van der Waals surface area contributed by atoms with Gasteiger partial charge in [0.05, 0.1) is 0 Å². The molecule has 1 nitrogen and oxygen atoms in total. The fourth-order valence-corrected chi connectivity index (χ4v) is 1.11. The van der Waals surface area contributed by atoms with Crippen LogP contribution in [0.2, 0.25) is 6.04 Å². The summed E-state index contributed by atoms with van der Waals surface area (Å²) in [6.07, 6.45) is -0.298. The van der Waals surface area contributed by atoms with Gasteiger partial charge in [-0.2, -0.15) is 0 Å². The van der Waals surface area contributed by atoms with E-state index >= 15 is 0 Å². The van der Waals surface area contributed by atoms with Crippen LogP contribution in [0.1, 0.15) is 6.42 Å². The van der Waals surface area contributed by atoms with Crippen molar-refractivity contribution in [1.82, 2.24) is 0 Å². The zero-order chi connectivity index (χ0) is 7.57. The fraction of sp³-hybridized carbons (Fsp3) is 1.00. The van der Waals surface area contributed by atoms with Crippen molar-refractivity contribution in [3.8, 4) is 0 Å². The predicted molar refractivity (Wildman–Crippen MR) is 28.7 cm³/mol. The summed E-state index contributed by atoms with van der Waals surface area (Å²) < 4.78 is 45.4. The molecule has 0 amide bonds. The average Bonchev–Trinajstić information content (AvgIpc) is 1.57. The van der Waals surface area contributed by atoms with Gasteiger partial charge in [-0.25, -0.2) is 0 Å². The molecular formula is C3H8F4NSi-. The van der Waals surface area contributed by atoms with Gasteiger partial charge in [-0.3, -0.25) is 0 Å². The number of hydrogen-bond donors (Lipinski definition) is 1. The standard InChI is InChI=1S/C3H8F4NSi/c4-9(5,6,7)3-1-2-8/h1-3,8H2/q-1. The first kappa shape index (κ1) is 8.90. The van der Waals surface area contributed by atoms with Crippen LogP contribution in [0.15, 0.2) is 0 Å². The maximum atomic E-state index is 11.4. The van der Waals surface area contributed by atoms with Crippen LogP contribution < -0.4 is 5.73 Å². The van der Waals surface area contributed by atoms with Gasteiger partial charge in [0.15, 0.2) is 0 Å². The number of hydrogen-bond acceptors (Lipinski definition) is 1. The Morgan fingerprint density at radius 1 is 1.11 bits per heavy atom. The molecule has 9 heavy (non-hydrogen) atoms. The Hall–Kier alpha value is -0.103. The van der Waals surface area contributed by atoms with Crippen molar-refractivity contribution in [3.05, 3.63) is 0 Å². The molecule has 58 valence electrons. The van der Waals surface area contributed by atoms with E-state index in [1.807, 2.05) is 0 Å². The van der Waals surface area contributed by atoms with E-state index < -0.39 is 14.7 Å². The summed E-state index contributed by atoms with van der Waals surface area (Å²) >= 11 is 0. The molecule has 0 aromatic carbocycles. The molecule has 0 rings (SSSR count). The van der Waals surface area contributed by atoms with Crippen LogP contribution in [0.4, 0.5) is 16.4 Å². The molecule has 0 aliphatic rings. The van der Waals surface area contributed by atoms with Crippen molar-refractivity contribution in [2.24, 2.45) is 5.73 Å². The third-order valence-electron chi connectivity index (χ3n) is 0.759. The van der Waals surface area contributed by atoms with Gasteiger partial charge in [0.1, 0.15) is 0 Å². The molecule has 0 unspecified atom stereocenters. The monoisotopic (exact) mass is 162 g/mol. The normalized spacial score (nSPS) is 16.8. The van der Waals surface area contributed by atoms with E-state index in [-0.39, 0.29) is 13.0 Å². The maximum absolute atomic E-state index is 11.4. The van der Waals surface area contributed by atoms with Crippen LogP contribution in [0.3, 0.4) is 0 Å². The van der Waals surface area contributed by atoms with E-state index in [2.05, 4.69) is 0 Å². The molecule has 6 heteroatoms. The van der Waals surface area contributed by atoms with E-state index in [1.165, 1.54) is 0 Å². The van der Waals surface area contributed by atoms with E-state index in [0.717, 1.165) is 0 Å². The van der Waals surface area contributed by atoms with Crippen molar-refractivity contribution in [2.75, 3.05) is 6.54 Å². The van der Waals surface area contributed by atoms with Crippen molar-refractivity contribution < 1.29 is 16.4 Å². The van der Waals surface area contributed by atoms with Crippen LogP contribution in [0, 0.1) is 0 Å². The first-order valence-electron chi connectivity index (χ1n) is 2.52. The SMILES string of the molecule is NCCC[Si-](F)(F)(F)F. The molecule has 0 fully saturated rings. The molecule has 2 N–H and O–H groups in total. The van der Waals surface area contributed by atoms with Crippen LogP contribution in [-0.4, -0.2) is 15.2 Å². The van der Waals surface area contributed by atoms with Gasteiger partial charge >= 0.3 is 49.9 Å². The summed E-state index contributed by atoms with van der Waals surface area (Å²) in [5, 5.41) is 0. The van der Waals surface area contributed by atoms with Gasteiger partial charge in [-0.1, -0.05) is 0 Å². The zero-order valence-corrected chi connectivity index (χ0v) is 5.71. The Morgan fingerprint density at radius 2 is 1.56 bits per heavy atom. The van der Waals surface area contributed by atoms with Crippen molar-refractivity contribution in [3.63, 3.8) is 0 Å². The Kier molecular flexibility index (Phi) is 2.23. The van der Waals surface area contributed by atoms with Gasteiger partial charge in [0, 0.05) is 0 Å². The summed E-state index contributed by atoms with van der Waals surface area (Å²) in [7, 11) is -7.43. The van der Waals surface area contributed by atoms with Crippen LogP contribution >= 0.6 is 0 Å². The van der Waals surface area contributed by atoms with E-state index in [0.29, 0.717) is 0 Å². The zero-order valence-electron chi connectivity index (χ0n) is 4.71. The Labute approximate surface area is 51.0 Å². The molecule has 0 atom stereocenters. The van der Waals surface area contributed by atoms with Gasteiger partial charge in [-0.15, -0.1) is 0 Å². The van der Waals surface area contributed by atoms with Crippen LogP contribution in [-0.2, 0) is 0 Å². The summed E-state index contributed by atoms with van der Waals surface area (Å²) in [5.74, 6) is 0. The van der Waals surface area contributed by atoms with Gasteiger partial charge < -0.3 is 0 Å². The topological polar surface area (TPSA) is 26.0 Å². The number of halogens is 4. The van der Waals surface area contributed by atoms with Gasteiger partial charge in [0.25, 0.3) is 0 Å². The summed E-state index contributed by atoms with van der Waals surface area (Å²) in [5.41, 5.74) is 4.75. The third kappa shape index (κ3) is 7.90. The first-order valence-corrected chi connectivity index (χ1v) is 4.74. The fourth-order valence-electron chi connectivity index (χ4n) is 0.369. The summed E-state index contributed by atoms with van der Waals surface area (Å²) in [4.78, 5) is 0. The number of nitrogens with two attached hydrogens (primary N) is 1. The van der Waals surface area contributed by atoms with E-state index in [9.17, 15) is 16.4 Å². The molecule has 0 aromatic heterocycles. The molecule has 0 spiro atoms. The molecule has 0 bridgehead atoms. The molecule has 0 aliphatic carbocycles.